The smallest absolute Gasteiger partial charge is 0.161 e. The molecule has 1 aliphatic carbocycles. The Morgan fingerprint density at radius 1 is 1.10 bits per heavy atom. The van der Waals surface area contributed by atoms with Crippen LogP contribution in [0, 0.1) is 31.0 Å². The second kappa shape index (κ2) is 11.1. The van der Waals surface area contributed by atoms with Crippen LogP contribution in [0.15, 0.2) is 82.2 Å². The van der Waals surface area contributed by atoms with Crippen LogP contribution in [0.3, 0.4) is 0 Å². The maximum absolute atomic E-state index is 14.2. The monoisotopic (exact) mass is 577 g/mol. The number of carbonyl (C=O) groups excluding carboxylic acids is 1. The lowest BCUT2D eigenvalue weighted by molar-refractivity contribution is -0.116. The zero-order chi connectivity index (χ0) is 27.8. The second-order valence-electron chi connectivity index (χ2n) is 9.79. The van der Waals surface area contributed by atoms with Crippen molar-refractivity contribution in [2.24, 2.45) is 5.73 Å². The Morgan fingerprint density at radius 3 is 2.64 bits per heavy atom. The highest BCUT2D eigenvalue weighted by Crippen LogP contribution is 2.47. The highest BCUT2D eigenvalue weighted by molar-refractivity contribution is 7.98. The third-order valence-corrected chi connectivity index (χ3v) is 9.07. The van der Waals surface area contributed by atoms with Crippen LogP contribution in [0.1, 0.15) is 47.4 Å². The number of hydrogen-bond donors (Lipinski definition) is 1. The fraction of sp³-hybridized carbons (Fsp3) is 0.226. The van der Waals surface area contributed by atoms with Crippen LogP contribution < -0.4 is 10.6 Å². The van der Waals surface area contributed by atoms with Crippen molar-refractivity contribution in [2.75, 3.05) is 4.90 Å². The summed E-state index contributed by atoms with van der Waals surface area (Å²) < 4.78 is 14.2. The van der Waals surface area contributed by atoms with Gasteiger partial charge in [-0.1, -0.05) is 41.4 Å². The van der Waals surface area contributed by atoms with Gasteiger partial charge in [0.25, 0.3) is 0 Å². The summed E-state index contributed by atoms with van der Waals surface area (Å²) in [6.45, 7) is 4.04. The zero-order valence-electron chi connectivity index (χ0n) is 21.5. The lowest BCUT2D eigenvalue weighted by Gasteiger charge is -2.40. The molecule has 0 radical (unpaired) electrons. The van der Waals surface area contributed by atoms with E-state index in [0.29, 0.717) is 46.3 Å². The Balaban J connectivity index is 1.63. The Labute approximate surface area is 241 Å². The Hall–Kier alpha value is -3.24. The molecular weight excluding hydrogens is 552 g/mol. The van der Waals surface area contributed by atoms with E-state index in [0.717, 1.165) is 32.8 Å². The number of benzene rings is 3. The third kappa shape index (κ3) is 5.19. The number of nitriles is 1. The predicted octanol–water partition coefficient (Wildman–Crippen LogP) is 8.35. The maximum atomic E-state index is 14.2. The number of thioether (sulfide) groups is 1. The van der Waals surface area contributed by atoms with Crippen LogP contribution in [-0.2, 0) is 10.5 Å². The molecule has 0 bridgehead atoms. The number of allylic oxidation sites excluding steroid dienone is 3. The minimum absolute atomic E-state index is 0.00971. The first-order chi connectivity index (χ1) is 18.7. The van der Waals surface area contributed by atoms with Crippen LogP contribution >= 0.6 is 35.0 Å². The minimum Gasteiger partial charge on any atom is -0.384 e. The highest BCUT2D eigenvalue weighted by Gasteiger charge is 2.41. The summed E-state index contributed by atoms with van der Waals surface area (Å²) in [5.41, 5.74) is 12.8. The normalized spacial score (nSPS) is 17.4. The molecule has 1 unspecified atom stereocenters. The molecule has 2 N–H and O–H groups in total. The molecule has 1 heterocycles. The van der Waals surface area contributed by atoms with Crippen LogP contribution in [-0.4, -0.2) is 5.78 Å². The molecule has 5 rings (SSSR count). The van der Waals surface area contributed by atoms with Crippen molar-refractivity contribution in [1.29, 1.82) is 5.26 Å². The first-order valence-corrected chi connectivity index (χ1v) is 14.3. The van der Waals surface area contributed by atoms with E-state index in [2.05, 4.69) is 18.2 Å². The van der Waals surface area contributed by atoms with Gasteiger partial charge in [-0.3, -0.25) is 9.69 Å². The van der Waals surface area contributed by atoms with Crippen molar-refractivity contribution in [3.05, 3.63) is 115 Å². The maximum Gasteiger partial charge on any atom is 0.161 e. The quantitative estimate of drug-likeness (QED) is 0.308. The molecule has 4 nitrogen and oxygen atoms in total. The number of aryl methyl sites for hydroxylation is 2. The molecule has 0 amide bonds. The van der Waals surface area contributed by atoms with E-state index in [1.165, 1.54) is 12.1 Å². The Bertz CT molecular complexity index is 1610. The van der Waals surface area contributed by atoms with Crippen molar-refractivity contribution < 1.29 is 9.18 Å². The van der Waals surface area contributed by atoms with E-state index in [-0.39, 0.29) is 17.2 Å². The van der Waals surface area contributed by atoms with Gasteiger partial charge in [0.2, 0.25) is 0 Å². The van der Waals surface area contributed by atoms with E-state index in [9.17, 15) is 14.4 Å². The van der Waals surface area contributed by atoms with Gasteiger partial charge in [0.15, 0.2) is 5.78 Å². The van der Waals surface area contributed by atoms with E-state index in [1.54, 1.807) is 40.9 Å². The van der Waals surface area contributed by atoms with Gasteiger partial charge in [0.05, 0.1) is 28.3 Å². The molecule has 2 aliphatic rings. The largest absolute Gasteiger partial charge is 0.384 e. The van der Waals surface area contributed by atoms with Crippen molar-refractivity contribution in [3.8, 4) is 6.07 Å². The number of Topliss-reactive ketones (excluding diaryl/α,β-unsaturated/α-hetero) is 1. The van der Waals surface area contributed by atoms with Crippen molar-refractivity contribution in [2.45, 2.75) is 49.7 Å². The standard InChI is InChI=1S/C31H26Cl2FN3OS/c1-17-11-18(2)23(12-19(17)16-39-28-13-20(32)9-10-25(28)33)29-24(15-35)31(36)37(22-6-3-5-21(34)14-22)26-7-4-8-27(38)30(26)29/h3,5-6,9-14,29H,4,7-8,16,36H2,1-2H3. The van der Waals surface area contributed by atoms with Gasteiger partial charge < -0.3 is 5.73 Å². The zero-order valence-corrected chi connectivity index (χ0v) is 23.9. The first kappa shape index (κ1) is 27.3. The number of hydrogen-bond acceptors (Lipinski definition) is 5. The van der Waals surface area contributed by atoms with Crippen LogP contribution in [0.4, 0.5) is 10.1 Å². The molecule has 0 fully saturated rings. The lowest BCUT2D eigenvalue weighted by Crippen LogP contribution is -2.39. The van der Waals surface area contributed by atoms with Crippen molar-refractivity contribution in [1.82, 2.24) is 0 Å². The molecular formula is C31H26Cl2FN3OS. The van der Waals surface area contributed by atoms with Gasteiger partial charge in [0, 0.05) is 33.4 Å². The number of carbonyl (C=O) groups is 1. The molecule has 0 saturated heterocycles. The molecule has 8 heteroatoms. The van der Waals surface area contributed by atoms with Gasteiger partial charge in [0.1, 0.15) is 11.6 Å². The van der Waals surface area contributed by atoms with Gasteiger partial charge in [-0.05, 0) is 85.3 Å². The van der Waals surface area contributed by atoms with Crippen LogP contribution in [0.25, 0.3) is 0 Å². The predicted molar refractivity (Wildman–Crippen MR) is 156 cm³/mol. The van der Waals surface area contributed by atoms with E-state index in [1.807, 2.05) is 19.9 Å². The summed E-state index contributed by atoms with van der Waals surface area (Å²) in [5, 5.41) is 11.6. The summed E-state index contributed by atoms with van der Waals surface area (Å²) in [7, 11) is 0. The average Bonchev–Trinajstić information content (AvgIpc) is 2.89. The van der Waals surface area contributed by atoms with Crippen LogP contribution in [0.2, 0.25) is 10.0 Å². The Morgan fingerprint density at radius 2 is 1.90 bits per heavy atom. The first-order valence-electron chi connectivity index (χ1n) is 12.6. The van der Waals surface area contributed by atoms with Crippen molar-refractivity contribution >= 4 is 46.4 Å². The highest BCUT2D eigenvalue weighted by atomic mass is 35.5. The fourth-order valence-corrected chi connectivity index (χ4v) is 6.99. The van der Waals surface area contributed by atoms with Crippen LogP contribution in [0.5, 0.6) is 0 Å². The summed E-state index contributed by atoms with van der Waals surface area (Å²) in [6.07, 6.45) is 1.67. The lowest BCUT2D eigenvalue weighted by atomic mass is 9.74. The third-order valence-electron chi connectivity index (χ3n) is 7.29. The van der Waals surface area contributed by atoms with Gasteiger partial charge >= 0.3 is 0 Å². The van der Waals surface area contributed by atoms with Crippen molar-refractivity contribution in [3.63, 3.8) is 0 Å². The fourth-order valence-electron chi connectivity index (χ4n) is 5.43. The number of anilines is 1. The van der Waals surface area contributed by atoms with E-state index >= 15 is 0 Å². The molecule has 1 atom stereocenters. The molecule has 3 aromatic carbocycles. The molecule has 3 aromatic rings. The molecule has 198 valence electrons. The second-order valence-corrected chi connectivity index (χ2v) is 11.7. The molecule has 1 aliphatic heterocycles. The topological polar surface area (TPSA) is 70.1 Å². The Kier molecular flexibility index (Phi) is 7.77. The number of nitrogens with two attached hydrogens (primary N) is 1. The number of ketones is 1. The van der Waals surface area contributed by atoms with Gasteiger partial charge in [-0.25, -0.2) is 4.39 Å². The SMILES string of the molecule is Cc1cc(C)c(C2C(C#N)=C(N)N(c3cccc(F)c3)C3=C2C(=O)CCC3)cc1CSc1cc(Cl)ccc1Cl. The number of halogens is 3. The van der Waals surface area contributed by atoms with E-state index < -0.39 is 11.7 Å². The average molecular weight is 579 g/mol. The molecule has 0 saturated carbocycles. The summed E-state index contributed by atoms with van der Waals surface area (Å²) in [4.78, 5) is 16.1. The number of nitrogens with zero attached hydrogens (tertiary/aromatic N) is 2. The summed E-state index contributed by atoms with van der Waals surface area (Å²) in [6, 6.07) is 17.9. The number of rotatable bonds is 5. The molecule has 0 aromatic heterocycles. The molecule has 39 heavy (non-hydrogen) atoms. The summed E-state index contributed by atoms with van der Waals surface area (Å²) in [5.74, 6) is -0.168. The van der Waals surface area contributed by atoms with Gasteiger partial charge in [-0.15, -0.1) is 11.8 Å². The minimum atomic E-state index is -0.596. The van der Waals surface area contributed by atoms with E-state index in [4.69, 9.17) is 28.9 Å². The van der Waals surface area contributed by atoms with Gasteiger partial charge in [-0.2, -0.15) is 5.26 Å². The molecule has 0 spiro atoms. The summed E-state index contributed by atoms with van der Waals surface area (Å²) >= 11 is 14.2.